The van der Waals surface area contributed by atoms with Crippen molar-refractivity contribution in [2.45, 2.75) is 37.6 Å². The van der Waals surface area contributed by atoms with Gasteiger partial charge in [0.15, 0.2) is 0 Å². The van der Waals surface area contributed by atoms with Gasteiger partial charge in [-0.05, 0) is 34.9 Å². The molecule has 0 fully saturated rings. The van der Waals surface area contributed by atoms with Gasteiger partial charge in [0.2, 0.25) is 0 Å². The largest absolute Gasteiger partial charge is 0.494 e. The first-order valence-electron chi connectivity index (χ1n) is 17.1. The molecule has 0 amide bonds. The second kappa shape index (κ2) is 22.7. The van der Waals surface area contributed by atoms with Crippen LogP contribution in [-0.2, 0) is 9.14 Å². The molecule has 0 aliphatic rings. The SMILES string of the molecule is NCC(O)c1cccc(OCCCO)c1B(O)OB(OB(O)c1c(OCCCO)cccc1C(O)CN)c1c(OCCCO)cccc1C(O)CN. The van der Waals surface area contributed by atoms with Crippen molar-refractivity contribution in [2.75, 3.05) is 59.3 Å². The Kier molecular flexibility index (Phi) is 18.9. The van der Waals surface area contributed by atoms with Gasteiger partial charge in [-0.3, -0.25) is 0 Å². The summed E-state index contributed by atoms with van der Waals surface area (Å²) in [7, 11) is -5.72. The minimum atomic E-state index is -1.96. The lowest BCUT2D eigenvalue weighted by molar-refractivity contribution is 0.186. The van der Waals surface area contributed by atoms with E-state index in [9.17, 15) is 40.7 Å². The van der Waals surface area contributed by atoms with Crippen LogP contribution < -0.4 is 47.8 Å². The third-order valence-corrected chi connectivity index (χ3v) is 7.96. The van der Waals surface area contributed by atoms with E-state index < -0.39 is 39.7 Å². The van der Waals surface area contributed by atoms with Crippen LogP contribution in [0, 0.1) is 0 Å². The molecule has 0 heterocycles. The van der Waals surface area contributed by atoms with E-state index in [1.54, 1.807) is 18.2 Å². The molecule has 0 aromatic heterocycles. The summed E-state index contributed by atoms with van der Waals surface area (Å²) >= 11 is 0. The maximum atomic E-state index is 11.8. The number of aliphatic hydroxyl groups excluding tert-OH is 6. The van der Waals surface area contributed by atoms with E-state index in [0.717, 1.165) is 0 Å². The van der Waals surface area contributed by atoms with Crippen LogP contribution in [0.1, 0.15) is 54.3 Å². The molecule has 19 heteroatoms. The highest BCUT2D eigenvalue weighted by Gasteiger charge is 2.41. The van der Waals surface area contributed by atoms with E-state index in [1.807, 2.05) is 0 Å². The fourth-order valence-electron chi connectivity index (χ4n) is 5.37. The Morgan fingerprint density at radius 1 is 0.500 bits per heavy atom. The van der Waals surface area contributed by atoms with Crippen molar-refractivity contribution in [2.24, 2.45) is 17.2 Å². The van der Waals surface area contributed by atoms with Gasteiger partial charge in [-0.15, -0.1) is 0 Å². The predicted molar refractivity (Wildman–Crippen MR) is 196 cm³/mol. The minimum Gasteiger partial charge on any atom is -0.494 e. The van der Waals surface area contributed by atoms with E-state index in [0.29, 0.717) is 0 Å². The first kappa shape index (κ1) is 43.1. The van der Waals surface area contributed by atoms with E-state index in [1.165, 1.54) is 36.4 Å². The molecule has 284 valence electrons. The van der Waals surface area contributed by atoms with Crippen molar-refractivity contribution in [3.05, 3.63) is 71.3 Å². The molecule has 14 N–H and O–H groups in total. The number of benzene rings is 3. The van der Waals surface area contributed by atoms with Crippen molar-refractivity contribution in [1.29, 1.82) is 0 Å². The molecule has 3 unspecified atom stereocenters. The molecule has 0 spiro atoms. The molecule has 0 saturated carbocycles. The van der Waals surface area contributed by atoms with Crippen molar-refractivity contribution in [1.82, 2.24) is 0 Å². The predicted octanol–water partition coefficient (Wildman–Crippen LogP) is -3.55. The van der Waals surface area contributed by atoms with Gasteiger partial charge >= 0.3 is 21.4 Å². The molecule has 0 radical (unpaired) electrons. The number of aliphatic hydroxyl groups is 6. The highest BCUT2D eigenvalue weighted by Crippen LogP contribution is 2.24. The summed E-state index contributed by atoms with van der Waals surface area (Å²) in [6.45, 7) is -1.13. The Morgan fingerprint density at radius 3 is 1.12 bits per heavy atom. The lowest BCUT2D eigenvalue weighted by Gasteiger charge is -2.28. The number of rotatable bonds is 25. The second-order valence-electron chi connectivity index (χ2n) is 11.6. The Bertz CT molecular complexity index is 1420. The maximum Gasteiger partial charge on any atom is 0.481 e. The van der Waals surface area contributed by atoms with Crippen LogP contribution in [0.3, 0.4) is 0 Å². The van der Waals surface area contributed by atoms with Gasteiger partial charge in [-0.2, -0.15) is 0 Å². The van der Waals surface area contributed by atoms with Crippen LogP contribution in [0.5, 0.6) is 17.2 Å². The van der Waals surface area contributed by atoms with Gasteiger partial charge in [0.1, 0.15) is 17.2 Å². The fraction of sp³-hybridized carbons (Fsp3) is 0.455. The lowest BCUT2D eigenvalue weighted by Crippen LogP contribution is -2.54. The molecule has 3 atom stereocenters. The second-order valence-corrected chi connectivity index (χ2v) is 11.6. The van der Waals surface area contributed by atoms with E-state index >= 15 is 0 Å². The van der Waals surface area contributed by atoms with Gasteiger partial charge in [-0.1, -0.05) is 36.4 Å². The number of nitrogens with two attached hydrogens (primary N) is 3. The molecule has 0 saturated heterocycles. The zero-order chi connectivity index (χ0) is 38.0. The van der Waals surface area contributed by atoms with Gasteiger partial charge in [-0.25, -0.2) is 0 Å². The van der Waals surface area contributed by atoms with Gasteiger partial charge in [0, 0.05) is 75.1 Å². The maximum absolute atomic E-state index is 11.8. The van der Waals surface area contributed by atoms with Gasteiger partial charge in [0.05, 0.1) is 38.1 Å². The molecular formula is C33H50B3N3O13. The van der Waals surface area contributed by atoms with Crippen LogP contribution in [0.25, 0.3) is 0 Å². The Morgan fingerprint density at radius 2 is 0.808 bits per heavy atom. The van der Waals surface area contributed by atoms with Crippen molar-refractivity contribution >= 4 is 37.7 Å². The van der Waals surface area contributed by atoms with E-state index in [2.05, 4.69) is 0 Å². The molecule has 0 bridgehead atoms. The van der Waals surface area contributed by atoms with Crippen LogP contribution in [0.4, 0.5) is 0 Å². The van der Waals surface area contributed by atoms with Crippen LogP contribution >= 0.6 is 0 Å². The number of hydrogen-bond donors (Lipinski definition) is 11. The summed E-state index contributed by atoms with van der Waals surface area (Å²) in [5.41, 5.74) is 17.8. The molecule has 3 rings (SSSR count). The highest BCUT2D eigenvalue weighted by molar-refractivity contribution is 6.80. The third-order valence-electron chi connectivity index (χ3n) is 7.96. The van der Waals surface area contributed by atoms with E-state index in [4.69, 9.17) is 40.6 Å². The zero-order valence-corrected chi connectivity index (χ0v) is 29.0. The smallest absolute Gasteiger partial charge is 0.481 e. The third kappa shape index (κ3) is 11.6. The van der Waals surface area contributed by atoms with E-state index in [-0.39, 0.29) is 129 Å². The minimum absolute atomic E-state index is 0.00990. The summed E-state index contributed by atoms with van der Waals surface area (Å²) in [6, 6.07) is 13.9. The Labute approximate surface area is 304 Å². The summed E-state index contributed by atoms with van der Waals surface area (Å²) in [4.78, 5) is 0. The average Bonchev–Trinajstić information content (AvgIpc) is 3.16. The molecule has 3 aromatic carbocycles. The highest BCUT2D eigenvalue weighted by atomic mass is 16.6. The zero-order valence-electron chi connectivity index (χ0n) is 29.0. The van der Waals surface area contributed by atoms with Crippen LogP contribution in [-0.4, -0.2) is 121 Å². The van der Waals surface area contributed by atoms with Crippen LogP contribution in [0.2, 0.25) is 0 Å². The average molecular weight is 729 g/mol. The quantitative estimate of drug-likeness (QED) is 0.0297. The molecule has 0 aliphatic carbocycles. The normalized spacial score (nSPS) is 13.0. The first-order chi connectivity index (χ1) is 25.2. The van der Waals surface area contributed by atoms with Crippen LogP contribution in [0.15, 0.2) is 54.6 Å². The molecule has 52 heavy (non-hydrogen) atoms. The molecule has 0 aliphatic heterocycles. The van der Waals surface area contributed by atoms with Gasteiger partial charge in [0.25, 0.3) is 0 Å². The first-order valence-corrected chi connectivity index (χ1v) is 17.1. The lowest BCUT2D eigenvalue weighted by atomic mass is 9.63. The standard InChI is InChI=1S/C33H50B3N3O13/c37-19-25(43)22-7-1-10-28(48-16-4-13-40)31(22)34(46)51-36(33-24(27(45)21-39)9-3-12-30(33)50-18-6-15-42)52-35(47)32-23(26(44)20-38)8-2-11-29(32)49-17-5-14-41/h1-3,7-12,25-27,40-47H,4-6,13-21,37-39H2. The number of hydrogen-bond acceptors (Lipinski definition) is 16. The molecule has 16 nitrogen and oxygen atoms in total. The monoisotopic (exact) mass is 729 g/mol. The molecule has 3 aromatic rings. The summed E-state index contributed by atoms with van der Waals surface area (Å²) < 4.78 is 30.0. The summed E-state index contributed by atoms with van der Waals surface area (Å²) in [5, 5.41) is 84.5. The Hall–Kier alpha value is -3.27. The molecular weight excluding hydrogens is 679 g/mol. The van der Waals surface area contributed by atoms with Crippen molar-refractivity contribution in [3.8, 4) is 17.2 Å². The number of ether oxygens (including phenoxy) is 3. The van der Waals surface area contributed by atoms with Crippen molar-refractivity contribution in [3.63, 3.8) is 0 Å². The van der Waals surface area contributed by atoms with Gasteiger partial charge < -0.3 is 81.2 Å². The summed E-state index contributed by atoms with van der Waals surface area (Å²) in [5.74, 6) is 0.277. The summed E-state index contributed by atoms with van der Waals surface area (Å²) in [6.07, 6.45) is -3.11. The van der Waals surface area contributed by atoms with Crippen molar-refractivity contribution < 1.29 is 64.0 Å². The Balaban J connectivity index is 2.26. The fourth-order valence-corrected chi connectivity index (χ4v) is 5.37. The topological polar surface area (TPSA) is 286 Å².